The Bertz CT molecular complexity index is 1640. The predicted octanol–water partition coefficient (Wildman–Crippen LogP) is 6.99. The van der Waals surface area contributed by atoms with E-state index in [1.54, 1.807) is 18.2 Å². The average molecular weight is 789 g/mol. The van der Waals surface area contributed by atoms with Crippen LogP contribution in [0.4, 0.5) is 5.82 Å². The number of anilines is 1. The Morgan fingerprint density at radius 2 is 1.56 bits per heavy atom. The van der Waals surface area contributed by atoms with Gasteiger partial charge in [0.05, 0.1) is 31.7 Å². The molecule has 0 aromatic carbocycles. The maximum absolute atomic E-state index is 13.0. The molecule has 0 bridgehead atoms. The van der Waals surface area contributed by atoms with Crippen molar-refractivity contribution in [3.63, 3.8) is 0 Å². The van der Waals surface area contributed by atoms with E-state index in [0.717, 1.165) is 19.3 Å². The second-order valence-electron chi connectivity index (χ2n) is 14.6. The van der Waals surface area contributed by atoms with E-state index in [0.29, 0.717) is 23.6 Å². The van der Waals surface area contributed by atoms with Crippen molar-refractivity contribution < 1.29 is 42.9 Å². The number of phosphoric acid groups is 1. The van der Waals surface area contributed by atoms with E-state index in [1.165, 1.54) is 114 Å². The Morgan fingerprint density at radius 1 is 0.927 bits per heavy atom. The molecule has 16 heteroatoms. The minimum atomic E-state index is -4.72. The molecule has 0 aliphatic carbocycles. The highest BCUT2D eigenvalue weighted by Crippen LogP contribution is 2.47. The summed E-state index contributed by atoms with van der Waals surface area (Å²) in [5.41, 5.74) is 5.44. The molecule has 55 heavy (non-hydrogen) atoms. The van der Waals surface area contributed by atoms with Crippen molar-refractivity contribution >= 4 is 19.2 Å². The lowest BCUT2D eigenvalue weighted by Crippen LogP contribution is -2.44. The van der Waals surface area contributed by atoms with Crippen LogP contribution in [0.1, 0.15) is 134 Å². The summed E-state index contributed by atoms with van der Waals surface area (Å²) in [6.45, 7) is 3.30. The lowest BCUT2D eigenvalue weighted by atomic mass is 9.97. The fraction of sp³-hybridized carbons (Fsp3) is 0.692. The zero-order chi connectivity index (χ0) is 39.5. The van der Waals surface area contributed by atoms with E-state index in [2.05, 4.69) is 22.0 Å². The van der Waals surface area contributed by atoms with Gasteiger partial charge in [0.2, 0.25) is 0 Å². The monoisotopic (exact) mass is 788 g/mol. The van der Waals surface area contributed by atoms with Crippen molar-refractivity contribution in [1.82, 2.24) is 19.6 Å². The number of hydrogen-bond donors (Lipinski definition) is 4. The molecule has 1 aliphatic heterocycles. The summed E-state index contributed by atoms with van der Waals surface area (Å²) in [6.07, 6.45) is 18.3. The average Bonchev–Trinajstić information content (AvgIpc) is 3.71. The van der Waals surface area contributed by atoms with Crippen molar-refractivity contribution in [3.8, 4) is 11.8 Å². The Labute approximate surface area is 325 Å². The first kappa shape index (κ1) is 44.5. The molecule has 1 aliphatic rings. The molecule has 0 amide bonds. The first-order valence-electron chi connectivity index (χ1n) is 19.9. The van der Waals surface area contributed by atoms with Gasteiger partial charge in [-0.05, 0) is 37.6 Å². The molecule has 0 spiro atoms. The first-order valence-corrected chi connectivity index (χ1v) is 21.4. The van der Waals surface area contributed by atoms with Crippen LogP contribution in [-0.2, 0) is 23.1 Å². The molecule has 0 saturated carbocycles. The van der Waals surface area contributed by atoms with Crippen LogP contribution in [0.2, 0.25) is 0 Å². The second kappa shape index (κ2) is 23.1. The Hall–Kier alpha value is -3.19. The number of nitrogen functional groups attached to an aromatic ring is 1. The highest BCUT2D eigenvalue weighted by Gasteiger charge is 2.53. The summed E-state index contributed by atoms with van der Waals surface area (Å²) in [6, 6.07) is 8.31. The van der Waals surface area contributed by atoms with E-state index in [9.17, 15) is 19.7 Å². The second-order valence-corrected chi connectivity index (χ2v) is 16.1. The summed E-state index contributed by atoms with van der Waals surface area (Å²) in [5, 5.41) is 35.0. The van der Waals surface area contributed by atoms with Gasteiger partial charge in [-0.1, -0.05) is 103 Å². The van der Waals surface area contributed by atoms with Gasteiger partial charge in [-0.15, -0.1) is 0 Å². The third kappa shape index (κ3) is 14.4. The van der Waals surface area contributed by atoms with Crippen LogP contribution in [0.5, 0.6) is 5.75 Å². The number of aromatic nitrogens is 4. The fourth-order valence-electron chi connectivity index (χ4n) is 6.72. The van der Waals surface area contributed by atoms with Crippen LogP contribution >= 0.6 is 7.82 Å². The standard InChI is InChI=1S/C39H61N6O9P/c1-3-4-5-6-7-8-9-10-11-12-13-14-15-16-17-18-23-50-26-32(53-31-20-19-30(24-40)42-25-31)27-51-55(48,49)52-28-39(2)37(47)35(46)36(54-39)33-21-22-34-38(41)43-29-44-45(33)34/h19-22,25,29,32,35-37,46-47H,3-18,23,26-28H2,1-2H3,(H,48,49)(H2,41,43,44)/t32-,35+,36+,37+,39-/m1/s1. The number of unbranched alkanes of at least 4 members (excludes halogenated alkanes) is 15. The Kier molecular flexibility index (Phi) is 18.7. The molecular weight excluding hydrogens is 727 g/mol. The number of hydrogen-bond acceptors (Lipinski definition) is 13. The summed E-state index contributed by atoms with van der Waals surface area (Å²) in [7, 11) is -4.72. The van der Waals surface area contributed by atoms with Crippen molar-refractivity contribution in [1.29, 1.82) is 5.26 Å². The topological polar surface area (TPSA) is 217 Å². The van der Waals surface area contributed by atoms with Gasteiger partial charge in [0, 0.05) is 6.61 Å². The predicted molar refractivity (Wildman–Crippen MR) is 207 cm³/mol. The van der Waals surface area contributed by atoms with Crippen LogP contribution in [0, 0.1) is 11.3 Å². The van der Waals surface area contributed by atoms with Crippen LogP contribution in [0.3, 0.4) is 0 Å². The van der Waals surface area contributed by atoms with Gasteiger partial charge in [0.15, 0.2) is 5.82 Å². The summed E-state index contributed by atoms with van der Waals surface area (Å²) < 4.78 is 42.9. The van der Waals surface area contributed by atoms with Gasteiger partial charge in [-0.25, -0.2) is 19.0 Å². The summed E-state index contributed by atoms with van der Waals surface area (Å²) in [4.78, 5) is 18.6. The quantitative estimate of drug-likeness (QED) is 0.0431. The third-order valence-corrected chi connectivity index (χ3v) is 10.9. The number of aliphatic hydroxyl groups excluding tert-OH is 2. The maximum Gasteiger partial charge on any atom is 0.472 e. The van der Waals surface area contributed by atoms with E-state index in [1.807, 2.05) is 6.07 Å². The van der Waals surface area contributed by atoms with Crippen molar-refractivity contribution in [3.05, 3.63) is 48.2 Å². The molecule has 4 rings (SSSR count). The van der Waals surface area contributed by atoms with Gasteiger partial charge in [0.25, 0.3) is 0 Å². The molecule has 1 fully saturated rings. The number of ether oxygens (including phenoxy) is 3. The molecule has 0 radical (unpaired) electrons. The fourth-order valence-corrected chi connectivity index (χ4v) is 7.56. The van der Waals surface area contributed by atoms with Crippen molar-refractivity contribution in [2.75, 3.05) is 32.2 Å². The lowest BCUT2D eigenvalue weighted by molar-refractivity contribution is -0.100. The number of fused-ring (bicyclic) bond motifs is 1. The van der Waals surface area contributed by atoms with Gasteiger partial charge in [-0.3, -0.25) is 9.05 Å². The molecule has 5 N–H and O–H groups in total. The number of rotatable bonds is 28. The van der Waals surface area contributed by atoms with Crippen LogP contribution < -0.4 is 10.5 Å². The van der Waals surface area contributed by atoms with Crippen LogP contribution in [-0.4, -0.2) is 85.0 Å². The Morgan fingerprint density at radius 3 is 2.16 bits per heavy atom. The number of pyridine rings is 1. The molecule has 3 aromatic heterocycles. The molecule has 306 valence electrons. The third-order valence-electron chi connectivity index (χ3n) is 10.00. The molecular formula is C39H61N6O9P. The molecule has 1 unspecified atom stereocenters. The van der Waals surface area contributed by atoms with Crippen molar-refractivity contribution in [2.24, 2.45) is 0 Å². The number of nitrogens with zero attached hydrogens (tertiary/aromatic N) is 5. The first-order chi connectivity index (χ1) is 26.6. The number of phosphoric ester groups is 1. The zero-order valence-corrected chi connectivity index (χ0v) is 33.4. The molecule has 4 heterocycles. The minimum Gasteiger partial charge on any atom is -0.484 e. The lowest BCUT2D eigenvalue weighted by Gasteiger charge is -2.28. The summed E-state index contributed by atoms with van der Waals surface area (Å²) >= 11 is 0. The summed E-state index contributed by atoms with van der Waals surface area (Å²) in [5.74, 6) is 0.550. The van der Waals surface area contributed by atoms with Gasteiger partial charge >= 0.3 is 7.82 Å². The van der Waals surface area contributed by atoms with Crippen molar-refractivity contribution in [2.45, 2.75) is 147 Å². The molecule has 3 aromatic rings. The van der Waals surface area contributed by atoms with E-state index in [4.69, 9.17) is 34.3 Å². The van der Waals surface area contributed by atoms with E-state index < -0.39 is 44.4 Å². The number of aliphatic hydroxyl groups is 2. The van der Waals surface area contributed by atoms with Crippen LogP contribution in [0.25, 0.3) is 5.52 Å². The van der Waals surface area contributed by atoms with Gasteiger partial charge in [-0.2, -0.15) is 10.4 Å². The van der Waals surface area contributed by atoms with Gasteiger partial charge in [0.1, 0.15) is 59.4 Å². The minimum absolute atomic E-state index is 0.0610. The molecule has 6 atom stereocenters. The van der Waals surface area contributed by atoms with Gasteiger partial charge < -0.3 is 35.1 Å². The molecule has 15 nitrogen and oxygen atoms in total. The van der Waals surface area contributed by atoms with E-state index >= 15 is 0 Å². The zero-order valence-electron chi connectivity index (χ0n) is 32.5. The number of nitrogens with two attached hydrogens (primary N) is 1. The highest BCUT2D eigenvalue weighted by molar-refractivity contribution is 7.47. The SMILES string of the molecule is CCCCCCCCCCCCCCCCCCOC[C@H](COP(=O)(O)OC[C@@]1(C)O[C@@H](c2ccc3c(N)ncnn23)[C@H](O)[C@@H]1O)Oc1ccc(C#N)nc1. The molecule has 1 saturated heterocycles. The van der Waals surface area contributed by atoms with Crippen LogP contribution in [0.15, 0.2) is 36.8 Å². The highest BCUT2D eigenvalue weighted by atomic mass is 31.2. The maximum atomic E-state index is 13.0. The largest absolute Gasteiger partial charge is 0.484 e. The number of nitriles is 1. The smallest absolute Gasteiger partial charge is 0.472 e. The Balaban J connectivity index is 1.16. The van der Waals surface area contributed by atoms with E-state index in [-0.39, 0.29) is 24.7 Å². The normalized spacial score (nSPS) is 21.4.